The van der Waals surface area contributed by atoms with Crippen molar-refractivity contribution in [3.8, 4) is 6.07 Å². The Morgan fingerprint density at radius 3 is 2.66 bits per heavy atom. The van der Waals surface area contributed by atoms with Gasteiger partial charge in [-0.05, 0) is 60.2 Å². The Hall–Kier alpha value is -2.51. The summed E-state index contributed by atoms with van der Waals surface area (Å²) in [6.45, 7) is 0.139. The number of amides is 1. The molecule has 1 amide bonds. The fraction of sp³-hybridized carbons (Fsp3) is 0.304. The van der Waals surface area contributed by atoms with Gasteiger partial charge in [-0.2, -0.15) is 9.57 Å². The van der Waals surface area contributed by atoms with Crippen molar-refractivity contribution in [2.75, 3.05) is 5.32 Å². The monoisotopic (exact) mass is 483 g/mol. The van der Waals surface area contributed by atoms with Crippen molar-refractivity contribution in [2.45, 2.75) is 48.9 Å². The van der Waals surface area contributed by atoms with Crippen LogP contribution in [-0.2, 0) is 40.6 Å². The summed E-state index contributed by atoms with van der Waals surface area (Å²) in [5.74, 6) is -0.394. The normalized spacial score (nSPS) is 18.4. The van der Waals surface area contributed by atoms with Crippen molar-refractivity contribution in [2.24, 2.45) is 0 Å². The van der Waals surface area contributed by atoms with Crippen molar-refractivity contribution in [1.29, 1.82) is 5.26 Å². The number of nitrogens with zero attached hydrogens (tertiary/aromatic N) is 2. The Balaban J connectivity index is 1.51. The van der Waals surface area contributed by atoms with Crippen molar-refractivity contribution in [3.63, 3.8) is 0 Å². The van der Waals surface area contributed by atoms with Gasteiger partial charge >= 0.3 is 0 Å². The topological polar surface area (TPSA) is 90.3 Å². The molecule has 32 heavy (non-hydrogen) atoms. The SMILES string of the molecule is N#Cc1c(NC(=O)C2Cc3ccccc3CN2S(=O)(=O)c2cccs2)sc2c1CCCC2. The highest BCUT2D eigenvalue weighted by Gasteiger charge is 2.40. The zero-order chi connectivity index (χ0) is 22.3. The molecular formula is C23H21N3O3S3. The van der Waals surface area contributed by atoms with E-state index < -0.39 is 22.0 Å². The largest absolute Gasteiger partial charge is 0.315 e. The molecule has 0 fully saturated rings. The smallest absolute Gasteiger partial charge is 0.253 e. The summed E-state index contributed by atoms with van der Waals surface area (Å²) in [6.07, 6.45) is 4.18. The molecule has 0 saturated carbocycles. The van der Waals surface area contributed by atoms with Crippen LogP contribution in [0.4, 0.5) is 5.00 Å². The van der Waals surface area contributed by atoms with E-state index in [2.05, 4.69) is 11.4 Å². The van der Waals surface area contributed by atoms with E-state index in [1.165, 1.54) is 15.6 Å². The molecule has 1 aliphatic heterocycles. The molecule has 0 radical (unpaired) electrons. The Morgan fingerprint density at radius 1 is 1.12 bits per heavy atom. The van der Waals surface area contributed by atoms with Crippen molar-refractivity contribution in [3.05, 3.63) is 68.9 Å². The van der Waals surface area contributed by atoms with E-state index in [4.69, 9.17) is 0 Å². The number of aryl methyl sites for hydroxylation is 1. The fourth-order valence-electron chi connectivity index (χ4n) is 4.47. The molecule has 0 saturated heterocycles. The number of sulfonamides is 1. The molecule has 3 heterocycles. The summed E-state index contributed by atoms with van der Waals surface area (Å²) in [5, 5.41) is 14.9. The zero-order valence-electron chi connectivity index (χ0n) is 17.2. The van der Waals surface area contributed by atoms with Crippen LogP contribution in [-0.4, -0.2) is 24.7 Å². The van der Waals surface area contributed by atoms with E-state index in [0.29, 0.717) is 17.0 Å². The van der Waals surface area contributed by atoms with Crippen LogP contribution in [0.15, 0.2) is 46.0 Å². The molecule has 2 aromatic heterocycles. The van der Waals surface area contributed by atoms with Crippen LogP contribution in [0.2, 0.25) is 0 Å². The highest BCUT2D eigenvalue weighted by molar-refractivity contribution is 7.91. The van der Waals surface area contributed by atoms with Gasteiger partial charge in [0.1, 0.15) is 21.3 Å². The number of hydrogen-bond acceptors (Lipinski definition) is 6. The Morgan fingerprint density at radius 2 is 1.91 bits per heavy atom. The van der Waals surface area contributed by atoms with Gasteiger partial charge in [0.05, 0.1) is 5.56 Å². The number of carbonyl (C=O) groups is 1. The lowest BCUT2D eigenvalue weighted by Gasteiger charge is -2.34. The lowest BCUT2D eigenvalue weighted by atomic mass is 9.95. The predicted molar refractivity (Wildman–Crippen MR) is 125 cm³/mol. The lowest BCUT2D eigenvalue weighted by molar-refractivity contribution is -0.120. The molecule has 0 spiro atoms. The first kappa shape index (κ1) is 21.3. The molecular weight excluding hydrogens is 462 g/mol. The van der Waals surface area contributed by atoms with Crippen molar-refractivity contribution >= 4 is 43.6 Å². The number of nitrogens with one attached hydrogen (secondary N) is 1. The van der Waals surface area contributed by atoms with E-state index >= 15 is 0 Å². The van der Waals surface area contributed by atoms with Crippen LogP contribution in [0.5, 0.6) is 0 Å². The second-order valence-electron chi connectivity index (χ2n) is 7.99. The molecule has 3 aromatic rings. The number of carbonyl (C=O) groups excluding carboxylic acids is 1. The number of benzene rings is 1. The molecule has 2 aliphatic rings. The van der Waals surface area contributed by atoms with Gasteiger partial charge in [-0.1, -0.05) is 30.3 Å². The maximum absolute atomic E-state index is 13.5. The molecule has 6 nitrogen and oxygen atoms in total. The van der Waals surface area contributed by atoms with Gasteiger partial charge in [-0.25, -0.2) is 8.42 Å². The highest BCUT2D eigenvalue weighted by Crippen LogP contribution is 2.38. The first-order chi connectivity index (χ1) is 15.5. The quantitative estimate of drug-likeness (QED) is 0.599. The lowest BCUT2D eigenvalue weighted by Crippen LogP contribution is -2.50. The van der Waals surface area contributed by atoms with E-state index in [0.717, 1.165) is 58.6 Å². The zero-order valence-corrected chi connectivity index (χ0v) is 19.7. The number of hydrogen-bond donors (Lipinski definition) is 1. The first-order valence-corrected chi connectivity index (χ1v) is 13.6. The number of thiophene rings is 2. The molecule has 164 valence electrons. The van der Waals surface area contributed by atoms with Gasteiger partial charge in [0.2, 0.25) is 5.91 Å². The average Bonchev–Trinajstić information content (AvgIpc) is 3.46. The van der Waals surface area contributed by atoms with Crippen LogP contribution in [0, 0.1) is 11.3 Å². The Labute approximate surface area is 195 Å². The third-order valence-corrected chi connectivity index (χ3v) is 10.5. The standard InChI is InChI=1S/C23H21N3O3S3/c24-13-18-17-8-3-4-9-20(17)31-23(18)25-22(27)19-12-15-6-1-2-7-16(15)14-26(19)32(28,29)21-10-5-11-30-21/h1-2,5-7,10-11,19H,3-4,8-9,12,14H2,(H,25,27). The number of rotatable bonds is 4. The van der Waals surface area contributed by atoms with Gasteiger partial charge in [0.25, 0.3) is 10.0 Å². The second kappa shape index (κ2) is 8.45. The number of anilines is 1. The molecule has 1 aromatic carbocycles. The van der Waals surface area contributed by atoms with Gasteiger partial charge in [0, 0.05) is 11.4 Å². The molecule has 5 rings (SSSR count). The maximum Gasteiger partial charge on any atom is 0.253 e. The van der Waals surface area contributed by atoms with Crippen molar-refractivity contribution in [1.82, 2.24) is 4.31 Å². The van der Waals surface area contributed by atoms with Gasteiger partial charge in [-0.15, -0.1) is 22.7 Å². The Kier molecular flexibility index (Phi) is 5.63. The van der Waals surface area contributed by atoms with Crippen molar-refractivity contribution < 1.29 is 13.2 Å². The Bertz CT molecular complexity index is 1320. The number of fused-ring (bicyclic) bond motifs is 2. The first-order valence-electron chi connectivity index (χ1n) is 10.5. The van der Waals surface area contributed by atoms with E-state index in [1.54, 1.807) is 17.5 Å². The van der Waals surface area contributed by atoms with Crippen LogP contribution in [0.3, 0.4) is 0 Å². The van der Waals surface area contributed by atoms with Crippen LogP contribution in [0.1, 0.15) is 40.0 Å². The third-order valence-electron chi connectivity index (χ3n) is 6.09. The van der Waals surface area contributed by atoms with Crippen LogP contribution in [0.25, 0.3) is 0 Å². The molecule has 1 aliphatic carbocycles. The fourth-order valence-corrected chi connectivity index (χ4v) is 8.40. The van der Waals surface area contributed by atoms with E-state index in [1.807, 2.05) is 24.3 Å². The summed E-state index contributed by atoms with van der Waals surface area (Å²) in [4.78, 5) is 14.6. The van der Waals surface area contributed by atoms with E-state index in [-0.39, 0.29) is 10.8 Å². The minimum atomic E-state index is -3.84. The summed E-state index contributed by atoms with van der Waals surface area (Å²) in [6, 6.07) is 12.3. The molecule has 9 heteroatoms. The predicted octanol–water partition coefficient (Wildman–Crippen LogP) is 4.31. The average molecular weight is 484 g/mol. The molecule has 1 unspecified atom stereocenters. The highest BCUT2D eigenvalue weighted by atomic mass is 32.2. The summed E-state index contributed by atoms with van der Waals surface area (Å²) in [7, 11) is -3.84. The van der Waals surface area contributed by atoms with Crippen LogP contribution >= 0.6 is 22.7 Å². The van der Waals surface area contributed by atoms with Gasteiger partial charge in [-0.3, -0.25) is 4.79 Å². The third kappa shape index (κ3) is 3.67. The second-order valence-corrected chi connectivity index (χ2v) is 12.2. The number of nitriles is 1. The molecule has 0 bridgehead atoms. The van der Waals surface area contributed by atoms with Gasteiger partial charge < -0.3 is 5.32 Å². The van der Waals surface area contributed by atoms with Crippen LogP contribution < -0.4 is 5.32 Å². The summed E-state index contributed by atoms with van der Waals surface area (Å²) >= 11 is 2.60. The summed E-state index contributed by atoms with van der Waals surface area (Å²) in [5.41, 5.74) is 3.44. The maximum atomic E-state index is 13.5. The molecule has 1 N–H and O–H groups in total. The minimum absolute atomic E-state index is 0.139. The molecule has 1 atom stereocenters. The van der Waals surface area contributed by atoms with Gasteiger partial charge in [0.15, 0.2) is 0 Å². The minimum Gasteiger partial charge on any atom is -0.315 e. The summed E-state index contributed by atoms with van der Waals surface area (Å²) < 4.78 is 28.4. The van der Waals surface area contributed by atoms with E-state index in [9.17, 15) is 18.5 Å².